The second-order valence-corrected chi connectivity index (χ2v) is 6.82. The summed E-state index contributed by atoms with van der Waals surface area (Å²) in [4.78, 5) is 16.3. The maximum Gasteiger partial charge on any atom is 0.248 e. The maximum atomic E-state index is 12.1. The molecule has 3 rings (SSSR count). The lowest BCUT2D eigenvalue weighted by atomic mass is 9.87. The van der Waals surface area contributed by atoms with E-state index in [1.807, 2.05) is 17.9 Å². The van der Waals surface area contributed by atoms with Crippen molar-refractivity contribution >= 4 is 11.6 Å². The molecular formula is C19H28N2O3. The van der Waals surface area contributed by atoms with E-state index in [1.165, 1.54) is 5.69 Å². The van der Waals surface area contributed by atoms with E-state index in [9.17, 15) is 4.79 Å². The number of likely N-dealkylation sites (N-methyl/N-ethyl adjacent to an activating group) is 1. The molecule has 2 saturated heterocycles. The molecule has 0 N–H and O–H groups in total. The molecule has 0 bridgehead atoms. The van der Waals surface area contributed by atoms with Gasteiger partial charge in [-0.25, -0.2) is 0 Å². The van der Waals surface area contributed by atoms with Crippen molar-refractivity contribution in [1.29, 1.82) is 0 Å². The third-order valence-electron chi connectivity index (χ3n) is 5.36. The summed E-state index contributed by atoms with van der Waals surface area (Å²) in [7, 11) is 2.14. The lowest BCUT2D eigenvalue weighted by Crippen LogP contribution is -2.48. The van der Waals surface area contributed by atoms with Crippen LogP contribution in [0.5, 0.6) is 0 Å². The Morgan fingerprint density at radius 1 is 1.33 bits per heavy atom. The van der Waals surface area contributed by atoms with Gasteiger partial charge in [0.25, 0.3) is 0 Å². The molecule has 0 radical (unpaired) electrons. The van der Waals surface area contributed by atoms with Gasteiger partial charge >= 0.3 is 0 Å². The van der Waals surface area contributed by atoms with Crippen molar-refractivity contribution in [3.05, 3.63) is 30.3 Å². The van der Waals surface area contributed by atoms with E-state index in [0.717, 1.165) is 39.0 Å². The zero-order valence-corrected chi connectivity index (χ0v) is 14.7. The fourth-order valence-corrected chi connectivity index (χ4v) is 3.74. The highest BCUT2D eigenvalue weighted by molar-refractivity contribution is 5.77. The predicted molar refractivity (Wildman–Crippen MR) is 94.2 cm³/mol. The van der Waals surface area contributed by atoms with Gasteiger partial charge in [-0.05, 0) is 38.3 Å². The fourth-order valence-electron chi connectivity index (χ4n) is 3.74. The highest BCUT2D eigenvalue weighted by Crippen LogP contribution is 2.38. The number of nitrogens with zero attached hydrogens (tertiary/aromatic N) is 2. The van der Waals surface area contributed by atoms with Crippen molar-refractivity contribution in [3.63, 3.8) is 0 Å². The largest absolute Gasteiger partial charge is 0.373 e. The molecule has 1 atom stereocenters. The second-order valence-electron chi connectivity index (χ2n) is 6.82. The van der Waals surface area contributed by atoms with Crippen LogP contribution in [-0.2, 0) is 14.3 Å². The summed E-state index contributed by atoms with van der Waals surface area (Å²) in [6, 6.07) is 10.9. The standard InChI is InChI=1S/C19H28N2O3/c1-3-23-15-18(22)21-11-9-19(10-12-21)13-17(14-24-19)20(2)16-7-5-4-6-8-16/h4-8,17H,3,9-15H2,1-2H3. The molecule has 132 valence electrons. The number of anilines is 1. The first kappa shape index (κ1) is 17.2. The number of rotatable bonds is 5. The van der Waals surface area contributed by atoms with E-state index < -0.39 is 0 Å². The summed E-state index contributed by atoms with van der Waals surface area (Å²) in [5.41, 5.74) is 1.17. The molecule has 1 unspecified atom stereocenters. The van der Waals surface area contributed by atoms with Crippen molar-refractivity contribution in [2.75, 3.05) is 44.9 Å². The molecule has 1 aromatic rings. The van der Waals surface area contributed by atoms with Crippen molar-refractivity contribution < 1.29 is 14.3 Å². The minimum atomic E-state index is -0.0594. The van der Waals surface area contributed by atoms with Crippen molar-refractivity contribution in [2.45, 2.75) is 37.8 Å². The molecule has 2 aliphatic rings. The highest BCUT2D eigenvalue weighted by Gasteiger charge is 2.44. The fraction of sp³-hybridized carbons (Fsp3) is 0.632. The molecule has 5 nitrogen and oxygen atoms in total. The van der Waals surface area contributed by atoms with Crippen molar-refractivity contribution in [1.82, 2.24) is 4.90 Å². The maximum absolute atomic E-state index is 12.1. The Bertz CT molecular complexity index is 541. The van der Waals surface area contributed by atoms with Crippen LogP contribution < -0.4 is 4.90 Å². The van der Waals surface area contributed by atoms with E-state index >= 15 is 0 Å². The first-order chi connectivity index (χ1) is 11.6. The zero-order valence-electron chi connectivity index (χ0n) is 14.7. The third kappa shape index (κ3) is 3.73. The molecule has 2 aliphatic heterocycles. The number of benzene rings is 1. The Kier molecular flexibility index (Phi) is 5.41. The van der Waals surface area contributed by atoms with Gasteiger partial charge in [0.2, 0.25) is 5.91 Å². The first-order valence-corrected chi connectivity index (χ1v) is 8.91. The van der Waals surface area contributed by atoms with Gasteiger partial charge < -0.3 is 19.3 Å². The Morgan fingerprint density at radius 3 is 2.71 bits per heavy atom. The Labute approximate surface area is 144 Å². The van der Waals surface area contributed by atoms with Gasteiger partial charge in [0.1, 0.15) is 6.61 Å². The minimum Gasteiger partial charge on any atom is -0.373 e. The van der Waals surface area contributed by atoms with Gasteiger partial charge in [-0.1, -0.05) is 18.2 Å². The monoisotopic (exact) mass is 332 g/mol. The first-order valence-electron chi connectivity index (χ1n) is 8.91. The van der Waals surface area contributed by atoms with Crippen LogP contribution in [0, 0.1) is 0 Å². The number of carbonyl (C=O) groups excluding carboxylic acids is 1. The number of carbonyl (C=O) groups is 1. The van der Waals surface area contributed by atoms with E-state index in [0.29, 0.717) is 12.6 Å². The SMILES string of the molecule is CCOCC(=O)N1CCC2(CC1)CC(N(C)c1ccccc1)CO2. The highest BCUT2D eigenvalue weighted by atomic mass is 16.5. The topological polar surface area (TPSA) is 42.0 Å². The second kappa shape index (κ2) is 7.53. The average molecular weight is 332 g/mol. The molecule has 1 amide bonds. The molecule has 0 saturated carbocycles. The van der Waals surface area contributed by atoms with Gasteiger partial charge in [-0.15, -0.1) is 0 Å². The Morgan fingerprint density at radius 2 is 2.04 bits per heavy atom. The number of hydrogen-bond acceptors (Lipinski definition) is 4. The molecular weight excluding hydrogens is 304 g/mol. The summed E-state index contributed by atoms with van der Waals surface area (Å²) < 4.78 is 11.5. The summed E-state index contributed by atoms with van der Waals surface area (Å²) in [5.74, 6) is 0.0997. The summed E-state index contributed by atoms with van der Waals surface area (Å²) >= 11 is 0. The van der Waals surface area contributed by atoms with Gasteiger partial charge in [0.15, 0.2) is 0 Å². The Hall–Kier alpha value is -1.59. The molecule has 0 aromatic heterocycles. The number of ether oxygens (including phenoxy) is 2. The molecule has 1 aromatic carbocycles. The Balaban J connectivity index is 1.53. The minimum absolute atomic E-state index is 0.0594. The van der Waals surface area contributed by atoms with Crippen LogP contribution in [0.1, 0.15) is 26.2 Å². The van der Waals surface area contributed by atoms with Crippen LogP contribution >= 0.6 is 0 Å². The third-order valence-corrected chi connectivity index (χ3v) is 5.36. The van der Waals surface area contributed by atoms with Crippen LogP contribution in [0.25, 0.3) is 0 Å². The van der Waals surface area contributed by atoms with E-state index in [4.69, 9.17) is 9.47 Å². The number of para-hydroxylation sites is 1. The molecule has 24 heavy (non-hydrogen) atoms. The van der Waals surface area contributed by atoms with Crippen LogP contribution in [0.3, 0.4) is 0 Å². The predicted octanol–water partition coefficient (Wildman–Crippen LogP) is 2.31. The summed E-state index contributed by atoms with van der Waals surface area (Å²) in [6.45, 7) is 5.00. The number of piperidine rings is 1. The van der Waals surface area contributed by atoms with Crippen LogP contribution in [0.2, 0.25) is 0 Å². The average Bonchev–Trinajstić information content (AvgIpc) is 3.04. The van der Waals surface area contributed by atoms with Gasteiger partial charge in [0.05, 0.1) is 18.2 Å². The number of hydrogen-bond donors (Lipinski definition) is 0. The molecule has 1 spiro atoms. The van der Waals surface area contributed by atoms with Gasteiger partial charge in [-0.2, -0.15) is 0 Å². The quantitative estimate of drug-likeness (QED) is 0.830. The van der Waals surface area contributed by atoms with Crippen molar-refractivity contribution in [3.8, 4) is 0 Å². The lowest BCUT2D eigenvalue weighted by Gasteiger charge is -2.39. The van der Waals surface area contributed by atoms with Crippen LogP contribution in [0.15, 0.2) is 30.3 Å². The normalized spacial score (nSPS) is 22.8. The van der Waals surface area contributed by atoms with E-state index in [-0.39, 0.29) is 18.1 Å². The van der Waals surface area contributed by atoms with E-state index in [1.54, 1.807) is 0 Å². The van der Waals surface area contributed by atoms with Gasteiger partial charge in [0, 0.05) is 32.4 Å². The van der Waals surface area contributed by atoms with Gasteiger partial charge in [-0.3, -0.25) is 4.79 Å². The van der Waals surface area contributed by atoms with Crippen LogP contribution in [0.4, 0.5) is 5.69 Å². The molecule has 0 aliphatic carbocycles. The smallest absolute Gasteiger partial charge is 0.248 e. The lowest BCUT2D eigenvalue weighted by molar-refractivity contribution is -0.140. The number of likely N-dealkylation sites (tertiary alicyclic amines) is 1. The molecule has 2 fully saturated rings. The summed E-state index contributed by atoms with van der Waals surface area (Å²) in [6.07, 6.45) is 2.87. The van der Waals surface area contributed by atoms with Crippen molar-refractivity contribution in [2.24, 2.45) is 0 Å². The molecule has 5 heteroatoms. The van der Waals surface area contributed by atoms with Crippen LogP contribution in [-0.4, -0.2) is 62.4 Å². The summed E-state index contributed by atoms with van der Waals surface area (Å²) in [5, 5.41) is 0. The molecule has 2 heterocycles. The number of amides is 1. The zero-order chi connectivity index (χ0) is 17.0. The van der Waals surface area contributed by atoms with E-state index in [2.05, 4.69) is 36.2 Å².